The van der Waals surface area contributed by atoms with E-state index in [9.17, 15) is 9.59 Å². The molecule has 26 heavy (non-hydrogen) atoms. The van der Waals surface area contributed by atoms with Crippen LogP contribution in [0.5, 0.6) is 0 Å². The zero-order chi connectivity index (χ0) is 18.7. The average molecular weight is 363 g/mol. The van der Waals surface area contributed by atoms with Crippen LogP contribution in [-0.2, 0) is 16.1 Å². The fraction of sp³-hybridized carbons (Fsp3) is 0.684. The van der Waals surface area contributed by atoms with Crippen LogP contribution >= 0.6 is 0 Å². The number of hydrogen-bond acceptors (Lipinski definition) is 5. The molecule has 0 saturated carbocycles. The van der Waals surface area contributed by atoms with Gasteiger partial charge in [0.05, 0.1) is 0 Å². The van der Waals surface area contributed by atoms with E-state index in [2.05, 4.69) is 11.9 Å². The number of nitrogens with zero attached hydrogens (tertiary/aromatic N) is 3. The number of carbonyl (C=O) groups excluding carboxylic acids is 2. The molecule has 0 aromatic carbocycles. The average Bonchev–Trinajstić information content (AvgIpc) is 3.04. The van der Waals surface area contributed by atoms with Crippen molar-refractivity contribution in [2.24, 2.45) is 0 Å². The summed E-state index contributed by atoms with van der Waals surface area (Å²) in [6.07, 6.45) is 2.22. The molecular formula is C19H29N3O4. The van der Waals surface area contributed by atoms with Gasteiger partial charge in [-0.05, 0) is 38.9 Å². The molecule has 1 spiro atoms. The van der Waals surface area contributed by atoms with Gasteiger partial charge in [-0.2, -0.15) is 0 Å². The summed E-state index contributed by atoms with van der Waals surface area (Å²) in [5, 5.41) is 0. The third-order valence-electron chi connectivity index (χ3n) is 5.83. The number of likely N-dealkylation sites (N-methyl/N-ethyl adjacent to an activating group) is 1. The van der Waals surface area contributed by atoms with Crippen molar-refractivity contribution in [3.05, 3.63) is 23.7 Å². The minimum absolute atomic E-state index is 0.0808. The maximum atomic E-state index is 12.9. The third kappa shape index (κ3) is 3.64. The molecule has 0 N–H and O–H groups in total. The fourth-order valence-corrected chi connectivity index (χ4v) is 4.07. The molecule has 1 unspecified atom stereocenters. The topological polar surface area (TPSA) is 66.2 Å². The van der Waals surface area contributed by atoms with Crippen molar-refractivity contribution in [2.75, 3.05) is 46.9 Å². The second-order valence-electron chi connectivity index (χ2n) is 7.29. The van der Waals surface area contributed by atoms with Crippen LogP contribution in [0, 0.1) is 0 Å². The molecule has 7 nitrogen and oxygen atoms in total. The highest BCUT2D eigenvalue weighted by Crippen LogP contribution is 2.32. The van der Waals surface area contributed by atoms with E-state index >= 15 is 0 Å². The monoisotopic (exact) mass is 363 g/mol. The number of amides is 2. The first-order valence-corrected chi connectivity index (χ1v) is 9.35. The fourth-order valence-electron chi connectivity index (χ4n) is 4.07. The van der Waals surface area contributed by atoms with Crippen LogP contribution in [-0.4, -0.2) is 78.9 Å². The molecule has 0 aliphatic carbocycles. The number of hydrogen-bond donors (Lipinski definition) is 0. The molecule has 1 aromatic rings. The Hall–Kier alpha value is -1.86. The highest BCUT2D eigenvalue weighted by molar-refractivity contribution is 5.91. The molecule has 0 bridgehead atoms. The van der Waals surface area contributed by atoms with E-state index in [-0.39, 0.29) is 17.4 Å². The lowest BCUT2D eigenvalue weighted by atomic mass is 9.86. The van der Waals surface area contributed by atoms with Crippen molar-refractivity contribution < 1.29 is 18.7 Å². The highest BCUT2D eigenvalue weighted by atomic mass is 16.5. The summed E-state index contributed by atoms with van der Waals surface area (Å²) < 4.78 is 10.7. The predicted octanol–water partition coefficient (Wildman–Crippen LogP) is 1.58. The number of furan rings is 1. The molecule has 1 aromatic heterocycles. The Balaban J connectivity index is 1.74. The maximum Gasteiger partial charge on any atom is 0.289 e. The van der Waals surface area contributed by atoms with E-state index in [0.29, 0.717) is 37.6 Å². The van der Waals surface area contributed by atoms with E-state index in [1.54, 1.807) is 19.2 Å². The van der Waals surface area contributed by atoms with Crippen molar-refractivity contribution in [3.8, 4) is 0 Å². The molecule has 2 saturated heterocycles. The molecule has 2 fully saturated rings. The van der Waals surface area contributed by atoms with E-state index < -0.39 is 0 Å². The molecule has 1 atom stereocenters. The van der Waals surface area contributed by atoms with Gasteiger partial charge in [-0.1, -0.05) is 0 Å². The first kappa shape index (κ1) is 18.9. The third-order valence-corrected chi connectivity index (χ3v) is 5.83. The van der Waals surface area contributed by atoms with Gasteiger partial charge in [0.15, 0.2) is 5.76 Å². The number of methoxy groups -OCH3 is 1. The van der Waals surface area contributed by atoms with Gasteiger partial charge in [-0.25, -0.2) is 0 Å². The van der Waals surface area contributed by atoms with Gasteiger partial charge in [0.25, 0.3) is 5.91 Å². The van der Waals surface area contributed by atoms with Crippen LogP contribution in [0.4, 0.5) is 0 Å². The Labute approximate surface area is 154 Å². The van der Waals surface area contributed by atoms with Gasteiger partial charge < -0.3 is 19.0 Å². The van der Waals surface area contributed by atoms with Crippen LogP contribution < -0.4 is 0 Å². The Bertz CT molecular complexity index is 659. The SMILES string of the molecule is CCN1CCC2(CCC1=O)CN(C(=O)c1ccc(COC)o1)CCN2C. The highest BCUT2D eigenvalue weighted by Gasteiger charge is 2.43. The maximum absolute atomic E-state index is 12.9. The van der Waals surface area contributed by atoms with Gasteiger partial charge in [0.2, 0.25) is 5.91 Å². The molecule has 0 radical (unpaired) electrons. The van der Waals surface area contributed by atoms with Crippen molar-refractivity contribution in [1.29, 1.82) is 0 Å². The minimum atomic E-state index is -0.143. The lowest BCUT2D eigenvalue weighted by molar-refractivity contribution is -0.130. The molecule has 7 heteroatoms. The van der Waals surface area contributed by atoms with E-state index in [4.69, 9.17) is 9.15 Å². The van der Waals surface area contributed by atoms with Gasteiger partial charge >= 0.3 is 0 Å². The predicted molar refractivity (Wildman–Crippen MR) is 96.8 cm³/mol. The van der Waals surface area contributed by atoms with Gasteiger partial charge in [-0.15, -0.1) is 0 Å². The molecular weight excluding hydrogens is 334 g/mol. The summed E-state index contributed by atoms with van der Waals surface area (Å²) in [4.78, 5) is 31.3. The summed E-state index contributed by atoms with van der Waals surface area (Å²) in [6, 6.07) is 3.50. The summed E-state index contributed by atoms with van der Waals surface area (Å²) in [5.74, 6) is 1.15. The number of piperazine rings is 1. The number of carbonyl (C=O) groups is 2. The van der Waals surface area contributed by atoms with Crippen LogP contribution in [0.15, 0.2) is 16.5 Å². The number of rotatable bonds is 4. The van der Waals surface area contributed by atoms with Crippen molar-refractivity contribution in [1.82, 2.24) is 14.7 Å². The summed E-state index contributed by atoms with van der Waals surface area (Å²) in [7, 11) is 3.71. The van der Waals surface area contributed by atoms with Gasteiger partial charge in [-0.3, -0.25) is 14.5 Å². The molecule has 3 heterocycles. The summed E-state index contributed by atoms with van der Waals surface area (Å²) in [6.45, 7) is 5.98. The minimum Gasteiger partial charge on any atom is -0.453 e. The Morgan fingerprint density at radius 3 is 2.81 bits per heavy atom. The van der Waals surface area contributed by atoms with Crippen LogP contribution in [0.1, 0.15) is 42.5 Å². The lowest BCUT2D eigenvalue weighted by Crippen LogP contribution is -2.62. The Morgan fingerprint density at radius 2 is 2.08 bits per heavy atom. The number of likely N-dealkylation sites (tertiary alicyclic amines) is 1. The quantitative estimate of drug-likeness (QED) is 0.813. The van der Waals surface area contributed by atoms with Crippen LogP contribution in [0.2, 0.25) is 0 Å². The molecule has 2 aliphatic heterocycles. The molecule has 3 rings (SSSR count). The smallest absolute Gasteiger partial charge is 0.289 e. The first-order valence-electron chi connectivity index (χ1n) is 9.35. The van der Waals surface area contributed by atoms with Crippen molar-refractivity contribution >= 4 is 11.8 Å². The Kier molecular flexibility index (Phi) is 5.67. The normalized spacial score (nSPS) is 25.0. The van der Waals surface area contributed by atoms with Crippen molar-refractivity contribution in [2.45, 2.75) is 38.3 Å². The number of ether oxygens (including phenoxy) is 1. The van der Waals surface area contributed by atoms with Crippen LogP contribution in [0.3, 0.4) is 0 Å². The van der Waals surface area contributed by atoms with E-state index in [1.807, 2.05) is 16.7 Å². The largest absolute Gasteiger partial charge is 0.453 e. The van der Waals surface area contributed by atoms with Gasteiger partial charge in [0, 0.05) is 51.8 Å². The van der Waals surface area contributed by atoms with E-state index in [1.165, 1.54) is 0 Å². The Morgan fingerprint density at radius 1 is 1.27 bits per heavy atom. The molecule has 2 amide bonds. The zero-order valence-electron chi connectivity index (χ0n) is 16.0. The second-order valence-corrected chi connectivity index (χ2v) is 7.29. The zero-order valence-corrected chi connectivity index (χ0v) is 16.0. The first-order chi connectivity index (χ1) is 12.5. The molecule has 144 valence electrons. The van der Waals surface area contributed by atoms with Crippen molar-refractivity contribution in [3.63, 3.8) is 0 Å². The molecule has 2 aliphatic rings. The van der Waals surface area contributed by atoms with E-state index in [0.717, 1.165) is 32.5 Å². The second kappa shape index (κ2) is 7.80. The summed E-state index contributed by atoms with van der Waals surface area (Å²) in [5.41, 5.74) is -0.143. The summed E-state index contributed by atoms with van der Waals surface area (Å²) >= 11 is 0. The van der Waals surface area contributed by atoms with Crippen LogP contribution in [0.25, 0.3) is 0 Å². The lowest BCUT2D eigenvalue weighted by Gasteiger charge is -2.49. The standard InChI is InChI=1S/C19H29N3O4/c1-4-21-10-9-19(8-7-17(21)23)14-22(12-11-20(19)2)18(24)16-6-5-15(26-16)13-25-3/h5-6H,4,7-14H2,1-3H3. The van der Waals surface area contributed by atoms with Gasteiger partial charge in [0.1, 0.15) is 12.4 Å².